The van der Waals surface area contributed by atoms with Crippen molar-refractivity contribution in [1.82, 2.24) is 9.29 Å². The molecule has 0 radical (unpaired) electrons. The van der Waals surface area contributed by atoms with Gasteiger partial charge in [0.05, 0.1) is 12.7 Å². The van der Waals surface area contributed by atoms with Gasteiger partial charge >= 0.3 is 4.87 Å². The Morgan fingerprint density at radius 1 is 1.56 bits per heavy atom. The van der Waals surface area contributed by atoms with Gasteiger partial charge in [0, 0.05) is 18.8 Å². The van der Waals surface area contributed by atoms with Gasteiger partial charge in [0.2, 0.25) is 0 Å². The van der Waals surface area contributed by atoms with Crippen LogP contribution in [0.2, 0.25) is 0 Å². The lowest BCUT2D eigenvalue weighted by Crippen LogP contribution is -2.45. The van der Waals surface area contributed by atoms with Crippen LogP contribution in [-0.2, 0) is 14.8 Å². The van der Waals surface area contributed by atoms with Gasteiger partial charge in [-0.3, -0.25) is 4.79 Å². The Labute approximate surface area is 110 Å². The molecule has 1 atom stereocenters. The van der Waals surface area contributed by atoms with E-state index in [2.05, 4.69) is 4.98 Å². The van der Waals surface area contributed by atoms with Crippen molar-refractivity contribution in [3.8, 4) is 0 Å². The molecule has 102 valence electrons. The van der Waals surface area contributed by atoms with Crippen LogP contribution in [0.25, 0.3) is 0 Å². The number of rotatable bonds is 3. The highest BCUT2D eigenvalue weighted by Crippen LogP contribution is 2.23. The van der Waals surface area contributed by atoms with E-state index >= 15 is 0 Å². The lowest BCUT2D eigenvalue weighted by Gasteiger charge is -2.31. The number of sulfonamides is 1. The third kappa shape index (κ3) is 2.51. The zero-order valence-electron chi connectivity index (χ0n) is 10.3. The number of nitrogens with zero attached hydrogens (tertiary/aromatic N) is 1. The maximum absolute atomic E-state index is 12.4. The molecule has 1 aliphatic rings. The van der Waals surface area contributed by atoms with Crippen LogP contribution in [0.15, 0.2) is 9.00 Å². The van der Waals surface area contributed by atoms with Crippen molar-refractivity contribution >= 4 is 21.4 Å². The molecule has 1 fully saturated rings. The number of aromatic nitrogens is 1. The minimum atomic E-state index is -3.57. The van der Waals surface area contributed by atoms with Gasteiger partial charge in [0.25, 0.3) is 10.0 Å². The summed E-state index contributed by atoms with van der Waals surface area (Å²) in [7, 11) is -3.57. The second kappa shape index (κ2) is 5.12. The molecule has 2 heterocycles. The number of thiazole rings is 1. The van der Waals surface area contributed by atoms with E-state index in [1.807, 2.05) is 6.92 Å². The maximum atomic E-state index is 12.4. The lowest BCUT2D eigenvalue weighted by atomic mass is 10.2. The fraction of sp³-hybridized carbons (Fsp3) is 0.700. The largest absolute Gasteiger partial charge is 0.375 e. The highest BCUT2D eigenvalue weighted by molar-refractivity contribution is 7.91. The van der Waals surface area contributed by atoms with Crippen LogP contribution >= 0.6 is 11.3 Å². The summed E-state index contributed by atoms with van der Waals surface area (Å²) < 4.78 is 31.8. The summed E-state index contributed by atoms with van der Waals surface area (Å²) in [5, 5.41) is 0. The summed E-state index contributed by atoms with van der Waals surface area (Å²) in [5.74, 6) is 0. The molecule has 0 amide bonds. The van der Waals surface area contributed by atoms with Gasteiger partial charge in [-0.25, -0.2) is 8.42 Å². The van der Waals surface area contributed by atoms with Gasteiger partial charge in [-0.2, -0.15) is 4.31 Å². The summed E-state index contributed by atoms with van der Waals surface area (Å²) in [6.07, 6.45) is 0.707. The van der Waals surface area contributed by atoms with Crippen LogP contribution in [-0.4, -0.2) is 43.5 Å². The Kier molecular flexibility index (Phi) is 3.90. The van der Waals surface area contributed by atoms with Crippen LogP contribution in [0.5, 0.6) is 0 Å². The Morgan fingerprint density at radius 2 is 2.28 bits per heavy atom. The number of morpholine rings is 1. The Hall–Kier alpha value is -0.700. The van der Waals surface area contributed by atoms with Gasteiger partial charge in [-0.1, -0.05) is 18.3 Å². The quantitative estimate of drug-likeness (QED) is 0.882. The SMILES string of the molecule is CCC1CN(S(=O)(=O)c2sc(=O)[nH]c2C)CCO1. The summed E-state index contributed by atoms with van der Waals surface area (Å²) in [6.45, 7) is 4.65. The molecular weight excluding hydrogens is 276 g/mol. The number of ether oxygens (including phenoxy) is 1. The molecule has 1 aromatic heterocycles. The zero-order valence-corrected chi connectivity index (χ0v) is 11.9. The Balaban J connectivity index is 2.31. The summed E-state index contributed by atoms with van der Waals surface area (Å²) in [4.78, 5) is 13.4. The molecule has 1 saturated heterocycles. The second-order valence-corrected chi connectivity index (χ2v) is 7.31. The van der Waals surface area contributed by atoms with E-state index in [1.54, 1.807) is 6.92 Å². The first-order valence-electron chi connectivity index (χ1n) is 5.76. The molecule has 0 aromatic carbocycles. The van der Waals surface area contributed by atoms with Crippen LogP contribution in [0.1, 0.15) is 19.0 Å². The Morgan fingerprint density at radius 3 is 2.83 bits per heavy atom. The molecule has 8 heteroatoms. The van der Waals surface area contributed by atoms with Crippen molar-refractivity contribution in [3.05, 3.63) is 15.4 Å². The van der Waals surface area contributed by atoms with Crippen molar-refractivity contribution in [3.63, 3.8) is 0 Å². The predicted octanol–water partition coefficient (Wildman–Crippen LogP) is 0.544. The maximum Gasteiger partial charge on any atom is 0.305 e. The van der Waals surface area contributed by atoms with Gasteiger partial charge < -0.3 is 9.72 Å². The van der Waals surface area contributed by atoms with Crippen molar-refractivity contribution in [2.24, 2.45) is 0 Å². The van der Waals surface area contributed by atoms with Gasteiger partial charge in [-0.15, -0.1) is 0 Å². The molecule has 1 unspecified atom stereocenters. The highest BCUT2D eigenvalue weighted by Gasteiger charge is 2.32. The van der Waals surface area contributed by atoms with E-state index in [0.29, 0.717) is 25.4 Å². The van der Waals surface area contributed by atoms with Crippen LogP contribution in [0.4, 0.5) is 0 Å². The molecule has 1 aliphatic heterocycles. The van der Waals surface area contributed by atoms with Gasteiger partial charge in [0.15, 0.2) is 4.21 Å². The third-order valence-electron chi connectivity index (χ3n) is 2.91. The molecular formula is C10H16N2O4S2. The third-order valence-corrected chi connectivity index (χ3v) is 6.36. The van der Waals surface area contributed by atoms with Crippen molar-refractivity contribution < 1.29 is 13.2 Å². The van der Waals surface area contributed by atoms with E-state index in [1.165, 1.54) is 4.31 Å². The van der Waals surface area contributed by atoms with E-state index in [9.17, 15) is 13.2 Å². The summed E-state index contributed by atoms with van der Waals surface area (Å²) in [5.41, 5.74) is 0.407. The number of hydrogen-bond acceptors (Lipinski definition) is 5. The van der Waals surface area contributed by atoms with Crippen molar-refractivity contribution in [2.75, 3.05) is 19.7 Å². The van der Waals surface area contributed by atoms with Crippen LogP contribution in [0, 0.1) is 6.92 Å². The van der Waals surface area contributed by atoms with E-state index in [-0.39, 0.29) is 15.2 Å². The minimum absolute atomic E-state index is 0.0653. The van der Waals surface area contributed by atoms with E-state index < -0.39 is 10.0 Å². The first-order valence-corrected chi connectivity index (χ1v) is 8.02. The van der Waals surface area contributed by atoms with Gasteiger partial charge in [-0.05, 0) is 13.3 Å². The molecule has 0 aliphatic carbocycles. The van der Waals surface area contributed by atoms with Crippen molar-refractivity contribution in [1.29, 1.82) is 0 Å². The normalized spacial score (nSPS) is 22.2. The summed E-state index contributed by atoms with van der Waals surface area (Å²) in [6, 6.07) is 0. The number of aryl methyl sites for hydroxylation is 1. The average molecular weight is 292 g/mol. The van der Waals surface area contributed by atoms with E-state index in [0.717, 1.165) is 17.8 Å². The first-order chi connectivity index (χ1) is 8.45. The lowest BCUT2D eigenvalue weighted by molar-refractivity contribution is -0.00273. The number of hydrogen-bond donors (Lipinski definition) is 1. The number of H-pyrrole nitrogens is 1. The van der Waals surface area contributed by atoms with Crippen LogP contribution in [0.3, 0.4) is 0 Å². The summed E-state index contributed by atoms with van der Waals surface area (Å²) >= 11 is 0.742. The fourth-order valence-electron chi connectivity index (χ4n) is 1.91. The van der Waals surface area contributed by atoms with Gasteiger partial charge in [0.1, 0.15) is 0 Å². The molecule has 0 bridgehead atoms. The zero-order chi connectivity index (χ0) is 13.3. The number of nitrogens with one attached hydrogen (secondary N) is 1. The average Bonchev–Trinajstić information content (AvgIpc) is 2.69. The molecule has 2 rings (SSSR count). The molecule has 1 N–H and O–H groups in total. The van der Waals surface area contributed by atoms with Crippen molar-refractivity contribution in [2.45, 2.75) is 30.6 Å². The highest BCUT2D eigenvalue weighted by atomic mass is 32.2. The molecule has 0 saturated carbocycles. The van der Waals surface area contributed by atoms with Crippen LogP contribution < -0.4 is 4.87 Å². The molecule has 6 nitrogen and oxygen atoms in total. The number of aromatic amines is 1. The minimum Gasteiger partial charge on any atom is -0.375 e. The first kappa shape index (κ1) is 13.7. The topological polar surface area (TPSA) is 79.5 Å². The standard InChI is InChI=1S/C10H16N2O4S2/c1-3-8-6-12(4-5-16-8)18(14,15)9-7(2)11-10(13)17-9/h8H,3-6H2,1-2H3,(H,11,13). The molecule has 0 spiro atoms. The molecule has 18 heavy (non-hydrogen) atoms. The second-order valence-electron chi connectivity index (χ2n) is 4.19. The predicted molar refractivity (Wildman–Crippen MR) is 68.5 cm³/mol. The molecule has 1 aromatic rings. The fourth-order valence-corrected chi connectivity index (χ4v) is 4.80. The Bertz CT molecular complexity index is 575. The monoisotopic (exact) mass is 292 g/mol. The smallest absolute Gasteiger partial charge is 0.305 e. The van der Waals surface area contributed by atoms with E-state index in [4.69, 9.17) is 4.74 Å².